The third-order valence-electron chi connectivity index (χ3n) is 2.71. The molecule has 0 aliphatic heterocycles. The van der Waals surface area contributed by atoms with E-state index in [1.54, 1.807) is 0 Å². The third kappa shape index (κ3) is 4.18. The van der Waals surface area contributed by atoms with Gasteiger partial charge in [-0.15, -0.1) is 0 Å². The number of hydrogen-bond donors (Lipinski definition) is 1. The summed E-state index contributed by atoms with van der Waals surface area (Å²) >= 11 is 0. The number of benzene rings is 1. The fourth-order valence-electron chi connectivity index (χ4n) is 1.78. The van der Waals surface area contributed by atoms with Crippen molar-refractivity contribution in [1.82, 2.24) is 15.1 Å². The summed E-state index contributed by atoms with van der Waals surface area (Å²) in [5.74, 6) is 0. The molecule has 1 aromatic heterocycles. The monoisotopic (exact) mass is 241 g/mol. The SMILES string of the molecule is C[C@H](Cn1cccn1)NC/C=C\c1ccccc1. The highest BCUT2D eigenvalue weighted by Crippen LogP contribution is 2.00. The molecule has 1 N–H and O–H groups in total. The summed E-state index contributed by atoms with van der Waals surface area (Å²) in [4.78, 5) is 0. The number of nitrogens with one attached hydrogen (secondary N) is 1. The Kier molecular flexibility index (Phi) is 4.73. The minimum Gasteiger partial charge on any atom is -0.309 e. The predicted octanol–water partition coefficient (Wildman–Crippen LogP) is 2.57. The van der Waals surface area contributed by atoms with Gasteiger partial charge in [0.2, 0.25) is 0 Å². The molecule has 18 heavy (non-hydrogen) atoms. The molecular weight excluding hydrogens is 222 g/mol. The second kappa shape index (κ2) is 6.77. The van der Waals surface area contributed by atoms with Crippen molar-refractivity contribution in [3.05, 3.63) is 60.4 Å². The highest BCUT2D eigenvalue weighted by atomic mass is 15.3. The Morgan fingerprint density at radius 1 is 1.28 bits per heavy atom. The van der Waals surface area contributed by atoms with E-state index in [1.165, 1.54) is 5.56 Å². The van der Waals surface area contributed by atoms with Crippen LogP contribution in [0.5, 0.6) is 0 Å². The van der Waals surface area contributed by atoms with Gasteiger partial charge in [0.15, 0.2) is 0 Å². The molecule has 3 heteroatoms. The van der Waals surface area contributed by atoms with Crippen molar-refractivity contribution in [2.24, 2.45) is 0 Å². The molecule has 94 valence electrons. The van der Waals surface area contributed by atoms with Crippen molar-refractivity contribution < 1.29 is 0 Å². The van der Waals surface area contributed by atoms with Crippen molar-refractivity contribution >= 4 is 6.08 Å². The third-order valence-corrected chi connectivity index (χ3v) is 2.71. The van der Waals surface area contributed by atoms with Crippen LogP contribution < -0.4 is 5.32 Å². The van der Waals surface area contributed by atoms with Gasteiger partial charge in [-0.05, 0) is 18.6 Å². The lowest BCUT2D eigenvalue weighted by atomic mass is 10.2. The van der Waals surface area contributed by atoms with Gasteiger partial charge in [-0.25, -0.2) is 0 Å². The van der Waals surface area contributed by atoms with Crippen LogP contribution in [0.4, 0.5) is 0 Å². The maximum atomic E-state index is 4.19. The first kappa shape index (κ1) is 12.6. The second-order valence-corrected chi connectivity index (χ2v) is 4.35. The first-order chi connectivity index (χ1) is 8.84. The summed E-state index contributed by atoms with van der Waals surface area (Å²) in [6.45, 7) is 3.93. The van der Waals surface area contributed by atoms with Crippen LogP contribution in [-0.2, 0) is 6.54 Å². The summed E-state index contributed by atoms with van der Waals surface area (Å²) in [5, 5.41) is 7.63. The lowest BCUT2D eigenvalue weighted by molar-refractivity contribution is 0.469. The van der Waals surface area contributed by atoms with Crippen LogP contribution in [0, 0.1) is 0 Å². The smallest absolute Gasteiger partial charge is 0.0560 e. The van der Waals surface area contributed by atoms with Crippen LogP contribution in [0.3, 0.4) is 0 Å². The zero-order chi connectivity index (χ0) is 12.6. The van der Waals surface area contributed by atoms with Crippen molar-refractivity contribution in [3.63, 3.8) is 0 Å². The lowest BCUT2D eigenvalue weighted by Crippen LogP contribution is -2.30. The van der Waals surface area contributed by atoms with Gasteiger partial charge >= 0.3 is 0 Å². The van der Waals surface area contributed by atoms with Crippen molar-refractivity contribution in [2.45, 2.75) is 19.5 Å². The molecule has 0 fully saturated rings. The van der Waals surface area contributed by atoms with Crippen molar-refractivity contribution in [2.75, 3.05) is 6.54 Å². The van der Waals surface area contributed by atoms with Crippen LogP contribution in [-0.4, -0.2) is 22.4 Å². The molecule has 0 saturated carbocycles. The van der Waals surface area contributed by atoms with Crippen LogP contribution in [0.15, 0.2) is 54.9 Å². The molecule has 3 nitrogen and oxygen atoms in total. The van der Waals surface area contributed by atoms with E-state index in [9.17, 15) is 0 Å². The Balaban J connectivity index is 1.70. The predicted molar refractivity (Wildman–Crippen MR) is 75.2 cm³/mol. The van der Waals surface area contributed by atoms with Crippen LogP contribution in [0.2, 0.25) is 0 Å². The second-order valence-electron chi connectivity index (χ2n) is 4.35. The molecule has 0 unspecified atom stereocenters. The summed E-state index contributed by atoms with van der Waals surface area (Å²) in [5.41, 5.74) is 1.24. The molecule has 0 aliphatic rings. The minimum absolute atomic E-state index is 0.408. The molecule has 0 amide bonds. The zero-order valence-corrected chi connectivity index (χ0v) is 10.7. The largest absolute Gasteiger partial charge is 0.309 e. The van der Waals surface area contributed by atoms with E-state index in [1.807, 2.05) is 41.3 Å². The number of rotatable bonds is 6. The molecule has 1 atom stereocenters. The van der Waals surface area contributed by atoms with Gasteiger partial charge in [0.1, 0.15) is 0 Å². The van der Waals surface area contributed by atoms with Crippen LogP contribution in [0.1, 0.15) is 12.5 Å². The highest BCUT2D eigenvalue weighted by Gasteiger charge is 2.00. The van der Waals surface area contributed by atoms with Crippen molar-refractivity contribution in [3.8, 4) is 0 Å². The fourth-order valence-corrected chi connectivity index (χ4v) is 1.78. The lowest BCUT2D eigenvalue weighted by Gasteiger charge is -2.12. The quantitative estimate of drug-likeness (QED) is 0.842. The fraction of sp³-hybridized carbons (Fsp3) is 0.267. The summed E-state index contributed by atoms with van der Waals surface area (Å²) < 4.78 is 1.94. The van der Waals surface area contributed by atoms with Gasteiger partial charge < -0.3 is 5.32 Å². The molecule has 0 saturated heterocycles. The van der Waals surface area contributed by atoms with E-state index in [2.05, 4.69) is 41.6 Å². The molecule has 2 rings (SSSR count). The average Bonchev–Trinajstić information content (AvgIpc) is 2.89. The number of aromatic nitrogens is 2. The summed E-state index contributed by atoms with van der Waals surface area (Å²) in [6, 6.07) is 12.7. The van der Waals surface area contributed by atoms with E-state index >= 15 is 0 Å². The first-order valence-corrected chi connectivity index (χ1v) is 6.27. The molecule has 0 bridgehead atoms. The summed E-state index contributed by atoms with van der Waals surface area (Å²) in [7, 11) is 0. The Labute approximate surface area is 108 Å². The molecule has 0 spiro atoms. The molecular formula is C15H19N3. The Hall–Kier alpha value is -1.87. The van der Waals surface area contributed by atoms with Gasteiger partial charge in [-0.1, -0.05) is 42.5 Å². The normalized spacial score (nSPS) is 12.9. The Bertz CT molecular complexity index is 460. The van der Waals surface area contributed by atoms with E-state index in [4.69, 9.17) is 0 Å². The van der Waals surface area contributed by atoms with E-state index in [0.29, 0.717) is 6.04 Å². The molecule has 2 aromatic rings. The average molecular weight is 241 g/mol. The van der Waals surface area contributed by atoms with Gasteiger partial charge in [0.25, 0.3) is 0 Å². The molecule has 1 aromatic carbocycles. The van der Waals surface area contributed by atoms with E-state index in [0.717, 1.165) is 13.1 Å². The van der Waals surface area contributed by atoms with Gasteiger partial charge in [0.05, 0.1) is 6.54 Å². The molecule has 0 radical (unpaired) electrons. The van der Waals surface area contributed by atoms with Crippen LogP contribution >= 0.6 is 0 Å². The standard InChI is InChI=1S/C15H19N3/c1-14(13-18-12-6-11-17-18)16-10-5-9-15-7-3-2-4-8-15/h2-9,11-12,14,16H,10,13H2,1H3/b9-5-/t14-/m1/s1. The zero-order valence-electron chi connectivity index (χ0n) is 10.7. The van der Waals surface area contributed by atoms with Crippen molar-refractivity contribution in [1.29, 1.82) is 0 Å². The molecule has 0 aliphatic carbocycles. The van der Waals surface area contributed by atoms with Gasteiger partial charge in [0, 0.05) is 25.0 Å². The Morgan fingerprint density at radius 2 is 2.11 bits per heavy atom. The Morgan fingerprint density at radius 3 is 2.83 bits per heavy atom. The minimum atomic E-state index is 0.408. The van der Waals surface area contributed by atoms with Crippen LogP contribution in [0.25, 0.3) is 6.08 Å². The van der Waals surface area contributed by atoms with E-state index < -0.39 is 0 Å². The van der Waals surface area contributed by atoms with Gasteiger partial charge in [-0.3, -0.25) is 4.68 Å². The highest BCUT2D eigenvalue weighted by molar-refractivity contribution is 5.48. The molecule has 1 heterocycles. The number of nitrogens with zero attached hydrogens (tertiary/aromatic N) is 2. The summed E-state index contributed by atoms with van der Waals surface area (Å²) in [6.07, 6.45) is 8.07. The maximum Gasteiger partial charge on any atom is 0.0560 e. The first-order valence-electron chi connectivity index (χ1n) is 6.27. The maximum absolute atomic E-state index is 4.19. The topological polar surface area (TPSA) is 29.9 Å². The number of hydrogen-bond acceptors (Lipinski definition) is 2. The van der Waals surface area contributed by atoms with E-state index in [-0.39, 0.29) is 0 Å². The van der Waals surface area contributed by atoms with Gasteiger partial charge in [-0.2, -0.15) is 5.10 Å².